The molecule has 3 heterocycles. The number of rotatable bonds is 3. The number of aromatic nitrogens is 2. The molecule has 0 N–H and O–H groups in total. The molecule has 1 atom stereocenters. The molecule has 4 nitrogen and oxygen atoms in total. The van der Waals surface area contributed by atoms with Gasteiger partial charge in [0.1, 0.15) is 5.82 Å². The maximum Gasteiger partial charge on any atom is 0.227 e. The van der Waals surface area contributed by atoms with Crippen molar-refractivity contribution in [3.63, 3.8) is 0 Å². The van der Waals surface area contributed by atoms with Crippen LogP contribution in [0.1, 0.15) is 39.3 Å². The quantitative estimate of drug-likeness (QED) is 0.874. The van der Waals surface area contributed by atoms with E-state index in [4.69, 9.17) is 0 Å². The van der Waals surface area contributed by atoms with E-state index in [-0.39, 0.29) is 11.8 Å². The smallest absolute Gasteiger partial charge is 0.227 e. The van der Waals surface area contributed by atoms with Gasteiger partial charge in [0.2, 0.25) is 5.91 Å². The topological polar surface area (TPSA) is 46.1 Å². The summed E-state index contributed by atoms with van der Waals surface area (Å²) in [6, 6.07) is 6.11. The Morgan fingerprint density at radius 3 is 2.64 bits per heavy atom. The van der Waals surface area contributed by atoms with E-state index in [2.05, 4.69) is 29.0 Å². The summed E-state index contributed by atoms with van der Waals surface area (Å²) in [5, 5.41) is 0. The molecule has 0 spiro atoms. The number of carbonyl (C=O) groups is 1. The number of carbonyl (C=O) groups excluding carboxylic acids is 1. The van der Waals surface area contributed by atoms with E-state index >= 15 is 0 Å². The molecule has 2 aromatic heterocycles. The Kier molecular flexibility index (Phi) is 4.25. The maximum absolute atomic E-state index is 12.4. The van der Waals surface area contributed by atoms with Crippen LogP contribution in [0.5, 0.6) is 0 Å². The first kappa shape index (κ1) is 15.2. The van der Waals surface area contributed by atoms with Gasteiger partial charge < -0.3 is 4.90 Å². The summed E-state index contributed by atoms with van der Waals surface area (Å²) in [5.41, 5.74) is 2.00. The van der Waals surface area contributed by atoms with Crippen LogP contribution in [0, 0.1) is 20.8 Å². The average molecular weight is 315 g/mol. The molecule has 1 amide bonds. The van der Waals surface area contributed by atoms with Crippen LogP contribution in [0.25, 0.3) is 0 Å². The van der Waals surface area contributed by atoms with Gasteiger partial charge in [0, 0.05) is 40.1 Å². The number of thiophene rings is 1. The zero-order valence-electron chi connectivity index (χ0n) is 13.3. The Balaban J connectivity index is 1.65. The summed E-state index contributed by atoms with van der Waals surface area (Å²) < 4.78 is 0. The van der Waals surface area contributed by atoms with Crippen LogP contribution in [-0.4, -0.2) is 33.9 Å². The van der Waals surface area contributed by atoms with Crippen molar-refractivity contribution in [2.45, 2.75) is 39.5 Å². The van der Waals surface area contributed by atoms with Gasteiger partial charge in [-0.25, -0.2) is 9.97 Å². The van der Waals surface area contributed by atoms with Crippen molar-refractivity contribution >= 4 is 17.2 Å². The SMILES string of the molecule is Cc1cc(C)nc(C2CCN(C(=O)Cc3ccc(C)s3)C2)n1. The Hall–Kier alpha value is -1.75. The van der Waals surface area contributed by atoms with Crippen LogP contribution in [0.4, 0.5) is 0 Å². The average Bonchev–Trinajstić information content (AvgIpc) is 3.07. The second-order valence-electron chi connectivity index (χ2n) is 6.02. The third-order valence-electron chi connectivity index (χ3n) is 4.03. The molecule has 0 radical (unpaired) electrons. The molecule has 1 fully saturated rings. The molecule has 116 valence electrons. The molecule has 5 heteroatoms. The first-order chi connectivity index (χ1) is 10.5. The van der Waals surface area contributed by atoms with Crippen LogP contribution in [-0.2, 0) is 11.2 Å². The van der Waals surface area contributed by atoms with Crippen LogP contribution in [0.2, 0.25) is 0 Å². The molecule has 0 bridgehead atoms. The van der Waals surface area contributed by atoms with E-state index in [9.17, 15) is 4.79 Å². The van der Waals surface area contributed by atoms with Gasteiger partial charge in [0.05, 0.1) is 6.42 Å². The minimum Gasteiger partial charge on any atom is -0.342 e. The van der Waals surface area contributed by atoms with Crippen LogP contribution in [0.15, 0.2) is 18.2 Å². The summed E-state index contributed by atoms with van der Waals surface area (Å²) >= 11 is 1.70. The maximum atomic E-state index is 12.4. The van der Waals surface area contributed by atoms with E-state index in [1.807, 2.05) is 24.8 Å². The zero-order chi connectivity index (χ0) is 15.7. The lowest BCUT2D eigenvalue weighted by Gasteiger charge is -2.16. The van der Waals surface area contributed by atoms with E-state index in [0.29, 0.717) is 6.42 Å². The summed E-state index contributed by atoms with van der Waals surface area (Å²) in [6.07, 6.45) is 1.47. The Morgan fingerprint density at radius 1 is 1.27 bits per heavy atom. The van der Waals surface area contributed by atoms with E-state index in [0.717, 1.165) is 41.6 Å². The summed E-state index contributed by atoms with van der Waals surface area (Å²) in [7, 11) is 0. The number of amides is 1. The molecule has 2 aromatic rings. The van der Waals surface area contributed by atoms with Crippen LogP contribution >= 0.6 is 11.3 Å². The molecule has 1 unspecified atom stereocenters. The van der Waals surface area contributed by atoms with Crippen molar-refractivity contribution in [3.8, 4) is 0 Å². The van der Waals surface area contributed by atoms with Crippen molar-refractivity contribution < 1.29 is 4.79 Å². The van der Waals surface area contributed by atoms with Crippen molar-refractivity contribution in [3.05, 3.63) is 45.2 Å². The Labute approximate surface area is 135 Å². The molecule has 1 aliphatic rings. The number of nitrogens with zero attached hydrogens (tertiary/aromatic N) is 3. The van der Waals surface area contributed by atoms with Gasteiger partial charge in [0.25, 0.3) is 0 Å². The van der Waals surface area contributed by atoms with Crippen molar-refractivity contribution in [1.82, 2.24) is 14.9 Å². The van der Waals surface area contributed by atoms with Gasteiger partial charge in [-0.1, -0.05) is 0 Å². The van der Waals surface area contributed by atoms with Crippen molar-refractivity contribution in [1.29, 1.82) is 0 Å². The standard InChI is InChI=1S/C17H21N3OS/c1-11-8-12(2)19-17(18-11)14-6-7-20(10-14)16(21)9-15-5-4-13(3)22-15/h4-5,8,14H,6-7,9-10H2,1-3H3. The molecular formula is C17H21N3OS. The number of hydrogen-bond donors (Lipinski definition) is 0. The predicted octanol–water partition coefficient (Wildman–Crippen LogP) is 3.02. The third kappa shape index (κ3) is 3.35. The molecule has 0 saturated carbocycles. The zero-order valence-corrected chi connectivity index (χ0v) is 14.1. The molecule has 1 aliphatic heterocycles. The fourth-order valence-electron chi connectivity index (χ4n) is 2.97. The predicted molar refractivity (Wildman–Crippen MR) is 88.2 cm³/mol. The first-order valence-electron chi connectivity index (χ1n) is 7.66. The highest BCUT2D eigenvalue weighted by atomic mass is 32.1. The number of likely N-dealkylation sites (tertiary alicyclic amines) is 1. The van der Waals surface area contributed by atoms with Gasteiger partial charge in [-0.3, -0.25) is 4.79 Å². The third-order valence-corrected chi connectivity index (χ3v) is 5.03. The number of hydrogen-bond acceptors (Lipinski definition) is 4. The largest absolute Gasteiger partial charge is 0.342 e. The van der Waals surface area contributed by atoms with E-state index in [1.54, 1.807) is 11.3 Å². The van der Waals surface area contributed by atoms with Crippen LogP contribution < -0.4 is 0 Å². The highest BCUT2D eigenvalue weighted by Crippen LogP contribution is 2.26. The second-order valence-corrected chi connectivity index (χ2v) is 7.40. The molecule has 0 aliphatic carbocycles. The van der Waals surface area contributed by atoms with E-state index in [1.165, 1.54) is 4.88 Å². The highest BCUT2D eigenvalue weighted by molar-refractivity contribution is 7.12. The molecule has 1 saturated heterocycles. The van der Waals surface area contributed by atoms with Gasteiger partial charge in [0.15, 0.2) is 0 Å². The molecule has 0 aromatic carbocycles. The minimum absolute atomic E-state index is 0.216. The molecule has 22 heavy (non-hydrogen) atoms. The van der Waals surface area contributed by atoms with Crippen molar-refractivity contribution in [2.75, 3.05) is 13.1 Å². The lowest BCUT2D eigenvalue weighted by atomic mass is 10.1. The Morgan fingerprint density at radius 2 is 2.00 bits per heavy atom. The van der Waals surface area contributed by atoms with Crippen molar-refractivity contribution in [2.24, 2.45) is 0 Å². The normalized spacial score (nSPS) is 18.0. The van der Waals surface area contributed by atoms with Gasteiger partial charge in [-0.2, -0.15) is 0 Å². The van der Waals surface area contributed by atoms with Gasteiger partial charge in [-0.15, -0.1) is 11.3 Å². The summed E-state index contributed by atoms with van der Waals surface area (Å²) in [4.78, 5) is 25.9. The van der Waals surface area contributed by atoms with Crippen LogP contribution in [0.3, 0.4) is 0 Å². The van der Waals surface area contributed by atoms with Gasteiger partial charge >= 0.3 is 0 Å². The molecular weight excluding hydrogens is 294 g/mol. The lowest BCUT2D eigenvalue weighted by molar-refractivity contribution is -0.129. The Bertz CT molecular complexity index is 675. The fourth-order valence-corrected chi connectivity index (χ4v) is 3.86. The first-order valence-corrected chi connectivity index (χ1v) is 8.48. The van der Waals surface area contributed by atoms with E-state index < -0.39 is 0 Å². The molecule has 3 rings (SSSR count). The lowest BCUT2D eigenvalue weighted by Crippen LogP contribution is -2.29. The minimum atomic E-state index is 0.216. The fraction of sp³-hybridized carbons (Fsp3) is 0.471. The summed E-state index contributed by atoms with van der Waals surface area (Å²) in [5.74, 6) is 1.38. The number of aryl methyl sites for hydroxylation is 3. The second kappa shape index (κ2) is 6.16. The monoisotopic (exact) mass is 315 g/mol. The van der Waals surface area contributed by atoms with Gasteiger partial charge in [-0.05, 0) is 45.4 Å². The summed E-state index contributed by atoms with van der Waals surface area (Å²) in [6.45, 7) is 7.61. The highest BCUT2D eigenvalue weighted by Gasteiger charge is 2.29.